The van der Waals surface area contributed by atoms with Gasteiger partial charge in [-0.15, -0.1) is 0 Å². The first-order valence-electron chi connectivity index (χ1n) is 8.81. The van der Waals surface area contributed by atoms with E-state index in [4.69, 9.17) is 4.74 Å². The number of aliphatic hydroxyl groups is 1. The Bertz CT molecular complexity index is 354. The van der Waals surface area contributed by atoms with E-state index in [2.05, 4.69) is 4.90 Å². The highest BCUT2D eigenvalue weighted by atomic mass is 16.5. The first-order chi connectivity index (χ1) is 10.3. The van der Waals surface area contributed by atoms with E-state index in [1.54, 1.807) is 0 Å². The van der Waals surface area contributed by atoms with Crippen LogP contribution in [0, 0.1) is 11.8 Å². The zero-order valence-electron chi connectivity index (χ0n) is 13.0. The summed E-state index contributed by atoms with van der Waals surface area (Å²) in [6.07, 6.45) is 9.08. The molecule has 0 radical (unpaired) electrons. The van der Waals surface area contributed by atoms with E-state index in [0.29, 0.717) is 30.2 Å². The first kappa shape index (κ1) is 15.3. The van der Waals surface area contributed by atoms with Gasteiger partial charge in [-0.05, 0) is 44.4 Å². The molecule has 0 aromatic heterocycles. The molecule has 2 aliphatic heterocycles. The van der Waals surface area contributed by atoms with Gasteiger partial charge < -0.3 is 14.7 Å². The van der Waals surface area contributed by atoms with Crippen molar-refractivity contribution in [1.82, 2.24) is 4.90 Å². The molecule has 3 aliphatic rings. The lowest BCUT2D eigenvalue weighted by molar-refractivity contribution is -0.136. The predicted molar refractivity (Wildman–Crippen MR) is 80.9 cm³/mol. The maximum absolute atomic E-state index is 12.7. The molecule has 2 heterocycles. The van der Waals surface area contributed by atoms with E-state index >= 15 is 0 Å². The molecule has 4 nitrogen and oxygen atoms in total. The van der Waals surface area contributed by atoms with Crippen molar-refractivity contribution < 1.29 is 14.6 Å². The fourth-order valence-corrected chi connectivity index (χ4v) is 4.45. The average molecular weight is 295 g/mol. The van der Waals surface area contributed by atoms with Gasteiger partial charge in [0.05, 0.1) is 6.10 Å². The third-order valence-electron chi connectivity index (χ3n) is 5.70. The molecule has 1 saturated carbocycles. The molecule has 0 bridgehead atoms. The maximum Gasteiger partial charge on any atom is 0.223 e. The summed E-state index contributed by atoms with van der Waals surface area (Å²) in [6, 6.07) is 0.299. The van der Waals surface area contributed by atoms with E-state index in [-0.39, 0.29) is 6.10 Å². The second kappa shape index (κ2) is 7.10. The molecule has 1 N–H and O–H groups in total. The lowest BCUT2D eigenvalue weighted by Crippen LogP contribution is -2.45. The molecule has 120 valence electrons. The minimum Gasteiger partial charge on any atom is -0.393 e. The minimum atomic E-state index is -0.194. The maximum atomic E-state index is 12.7. The lowest BCUT2D eigenvalue weighted by atomic mass is 9.80. The smallest absolute Gasteiger partial charge is 0.223 e. The molecule has 0 spiro atoms. The quantitative estimate of drug-likeness (QED) is 0.869. The molecule has 3 atom stereocenters. The van der Waals surface area contributed by atoms with Crippen molar-refractivity contribution >= 4 is 5.91 Å². The second-order valence-electron chi connectivity index (χ2n) is 7.07. The lowest BCUT2D eigenvalue weighted by Gasteiger charge is -2.37. The number of ether oxygens (including phenoxy) is 1. The monoisotopic (exact) mass is 295 g/mol. The standard InChI is InChI=1S/C17H29NO3/c19-16-6-2-1-4-14(16)15-5-3-9-18(15)17(20)12-13-7-10-21-11-8-13/h13-16,19H,1-12H2/t14-,15+,16-/m0/s1. The predicted octanol–water partition coefficient (Wildman–Crippen LogP) is 2.35. The van der Waals surface area contributed by atoms with Crippen LogP contribution in [0.1, 0.15) is 57.8 Å². The Morgan fingerprint density at radius 3 is 2.57 bits per heavy atom. The highest BCUT2D eigenvalue weighted by molar-refractivity contribution is 5.77. The molecule has 0 unspecified atom stereocenters. The van der Waals surface area contributed by atoms with Crippen LogP contribution in [0.25, 0.3) is 0 Å². The van der Waals surface area contributed by atoms with Crippen LogP contribution in [0.4, 0.5) is 0 Å². The van der Waals surface area contributed by atoms with Crippen LogP contribution in [0.5, 0.6) is 0 Å². The molecule has 1 aliphatic carbocycles. The summed E-state index contributed by atoms with van der Waals surface area (Å²) in [5, 5.41) is 10.3. The van der Waals surface area contributed by atoms with Gasteiger partial charge in [-0.1, -0.05) is 12.8 Å². The largest absolute Gasteiger partial charge is 0.393 e. The summed E-state index contributed by atoms with van der Waals surface area (Å²) in [4.78, 5) is 14.8. The van der Waals surface area contributed by atoms with E-state index in [1.807, 2.05) is 0 Å². The Morgan fingerprint density at radius 1 is 1.05 bits per heavy atom. The number of carbonyl (C=O) groups excluding carboxylic acids is 1. The van der Waals surface area contributed by atoms with Gasteiger partial charge in [-0.25, -0.2) is 0 Å². The number of rotatable bonds is 3. The first-order valence-corrected chi connectivity index (χ1v) is 8.81. The van der Waals surface area contributed by atoms with Gasteiger partial charge in [0.25, 0.3) is 0 Å². The summed E-state index contributed by atoms with van der Waals surface area (Å²) in [5.41, 5.74) is 0. The van der Waals surface area contributed by atoms with E-state index in [1.165, 1.54) is 6.42 Å². The molecule has 4 heteroatoms. The van der Waals surface area contributed by atoms with Crippen LogP contribution in [-0.2, 0) is 9.53 Å². The molecule has 3 rings (SSSR count). The number of aliphatic hydroxyl groups excluding tert-OH is 1. The SMILES string of the molecule is O=C(CC1CCOCC1)N1CCC[C@@H]1[C@@H]1CCCC[C@@H]1O. The van der Waals surface area contributed by atoms with E-state index < -0.39 is 0 Å². The number of nitrogens with zero attached hydrogens (tertiary/aromatic N) is 1. The molecule has 0 aromatic rings. The van der Waals surface area contributed by atoms with Crippen molar-refractivity contribution in [3.05, 3.63) is 0 Å². The average Bonchev–Trinajstić information content (AvgIpc) is 2.98. The Morgan fingerprint density at radius 2 is 1.81 bits per heavy atom. The van der Waals surface area contributed by atoms with Gasteiger partial charge in [-0.2, -0.15) is 0 Å². The van der Waals surface area contributed by atoms with Gasteiger partial charge in [0.2, 0.25) is 5.91 Å². The summed E-state index contributed by atoms with van der Waals surface area (Å²) in [6.45, 7) is 2.52. The highest BCUT2D eigenvalue weighted by Crippen LogP contribution is 2.35. The number of likely N-dealkylation sites (tertiary alicyclic amines) is 1. The second-order valence-corrected chi connectivity index (χ2v) is 7.07. The third kappa shape index (κ3) is 3.59. The molecule has 21 heavy (non-hydrogen) atoms. The molecule has 2 saturated heterocycles. The van der Waals surface area contributed by atoms with Crippen LogP contribution in [0.15, 0.2) is 0 Å². The molecular formula is C17H29NO3. The zero-order chi connectivity index (χ0) is 14.7. The number of carbonyl (C=O) groups is 1. The van der Waals surface area contributed by atoms with Gasteiger partial charge >= 0.3 is 0 Å². The zero-order valence-corrected chi connectivity index (χ0v) is 13.0. The third-order valence-corrected chi connectivity index (χ3v) is 5.70. The van der Waals surface area contributed by atoms with Gasteiger partial charge in [0, 0.05) is 38.1 Å². The van der Waals surface area contributed by atoms with Crippen LogP contribution in [-0.4, -0.2) is 47.8 Å². The van der Waals surface area contributed by atoms with Crippen molar-refractivity contribution in [2.24, 2.45) is 11.8 Å². The summed E-state index contributed by atoms with van der Waals surface area (Å²) in [5.74, 6) is 1.14. The fraction of sp³-hybridized carbons (Fsp3) is 0.941. The van der Waals surface area contributed by atoms with Crippen molar-refractivity contribution in [2.75, 3.05) is 19.8 Å². The molecule has 3 fully saturated rings. The van der Waals surface area contributed by atoms with Crippen molar-refractivity contribution in [3.8, 4) is 0 Å². The van der Waals surface area contributed by atoms with Crippen LogP contribution >= 0.6 is 0 Å². The fourth-order valence-electron chi connectivity index (χ4n) is 4.45. The molecule has 0 aromatic carbocycles. The van der Waals surface area contributed by atoms with E-state index in [9.17, 15) is 9.90 Å². The van der Waals surface area contributed by atoms with Gasteiger partial charge in [0.15, 0.2) is 0 Å². The topological polar surface area (TPSA) is 49.8 Å². The van der Waals surface area contributed by atoms with Crippen molar-refractivity contribution in [1.29, 1.82) is 0 Å². The van der Waals surface area contributed by atoms with Crippen LogP contribution < -0.4 is 0 Å². The minimum absolute atomic E-state index is 0.194. The number of hydrogen-bond donors (Lipinski definition) is 1. The Hall–Kier alpha value is -0.610. The summed E-state index contributed by atoms with van der Waals surface area (Å²) >= 11 is 0. The van der Waals surface area contributed by atoms with Crippen molar-refractivity contribution in [3.63, 3.8) is 0 Å². The van der Waals surface area contributed by atoms with Crippen molar-refractivity contribution in [2.45, 2.75) is 69.9 Å². The Labute approximate surface area is 127 Å². The Balaban J connectivity index is 1.58. The molecular weight excluding hydrogens is 266 g/mol. The summed E-state index contributed by atoms with van der Waals surface area (Å²) < 4.78 is 5.38. The number of amides is 1. The Kier molecular flexibility index (Phi) is 5.17. The van der Waals surface area contributed by atoms with Crippen LogP contribution in [0.3, 0.4) is 0 Å². The number of hydrogen-bond acceptors (Lipinski definition) is 3. The van der Waals surface area contributed by atoms with Gasteiger partial charge in [-0.3, -0.25) is 4.79 Å². The van der Waals surface area contributed by atoms with E-state index in [0.717, 1.165) is 64.7 Å². The highest BCUT2D eigenvalue weighted by Gasteiger charge is 2.39. The normalized spacial score (nSPS) is 35.1. The van der Waals surface area contributed by atoms with Crippen LogP contribution in [0.2, 0.25) is 0 Å². The summed E-state index contributed by atoms with van der Waals surface area (Å²) in [7, 11) is 0. The van der Waals surface area contributed by atoms with Gasteiger partial charge in [0.1, 0.15) is 0 Å². The molecule has 1 amide bonds.